The van der Waals surface area contributed by atoms with Gasteiger partial charge in [-0.25, -0.2) is 9.29 Å². The molecule has 1 N–H and O–H groups in total. The molecular weight excluding hydrogens is 525 g/mol. The van der Waals surface area contributed by atoms with E-state index in [-0.39, 0.29) is 29.1 Å². The van der Waals surface area contributed by atoms with Crippen molar-refractivity contribution >= 4 is 52.2 Å². The number of anilines is 2. The molecule has 10 heteroatoms. The van der Waals surface area contributed by atoms with Gasteiger partial charge in [0.05, 0.1) is 16.6 Å². The number of fused-ring (bicyclic) bond motifs is 2. The number of aromatic nitrogens is 1. The van der Waals surface area contributed by atoms with E-state index in [4.69, 9.17) is 0 Å². The first-order chi connectivity index (χ1) is 18.4. The molecule has 1 fully saturated rings. The fourth-order valence-electron chi connectivity index (χ4n) is 4.98. The number of halogens is 1. The number of imide groups is 1. The van der Waals surface area contributed by atoms with E-state index in [0.29, 0.717) is 26.8 Å². The van der Waals surface area contributed by atoms with E-state index in [1.807, 2.05) is 6.07 Å². The number of rotatable bonds is 5. The molecule has 3 heterocycles. The number of nitrogens with one attached hydrogen (secondary N) is 1. The van der Waals surface area contributed by atoms with E-state index in [1.165, 1.54) is 21.6 Å². The van der Waals surface area contributed by atoms with Crippen molar-refractivity contribution in [2.24, 2.45) is 5.92 Å². The number of nitrogens with zero attached hydrogens (tertiary/aromatic N) is 2. The molecule has 0 bridgehead atoms. The fourth-order valence-corrected chi connectivity index (χ4v) is 7.75. The Morgan fingerprint density at radius 3 is 2.21 bits per heavy atom. The summed E-state index contributed by atoms with van der Waals surface area (Å²) in [7, 11) is 0. The average Bonchev–Trinajstić information content (AvgIpc) is 3.36. The van der Waals surface area contributed by atoms with Crippen molar-refractivity contribution in [2.45, 2.75) is 22.7 Å². The smallest absolute Gasteiger partial charge is 0.308 e. The SMILES string of the molecule is O=C(Cn1c2c(sc1=O)[C@@H](c1ccc(F)cc1)[C@@H]1C(=O)N(c3ccccc3)C(=O)[C@@H]1S2)Nc1ccccc1. The van der Waals surface area contributed by atoms with Crippen molar-refractivity contribution < 1.29 is 18.8 Å². The lowest BCUT2D eigenvalue weighted by Gasteiger charge is -2.30. The molecule has 0 spiro atoms. The predicted octanol–water partition coefficient (Wildman–Crippen LogP) is 4.48. The zero-order chi connectivity index (χ0) is 26.4. The topological polar surface area (TPSA) is 88.5 Å². The van der Waals surface area contributed by atoms with Crippen molar-refractivity contribution in [1.29, 1.82) is 0 Å². The Bertz CT molecular complexity index is 1600. The minimum atomic E-state index is -0.803. The summed E-state index contributed by atoms with van der Waals surface area (Å²) in [5.41, 5.74) is 1.70. The quantitative estimate of drug-likeness (QED) is 0.374. The Hall–Kier alpha value is -4.02. The summed E-state index contributed by atoms with van der Waals surface area (Å²) in [6.45, 7) is -0.245. The molecule has 0 unspecified atom stereocenters. The van der Waals surface area contributed by atoms with Crippen LogP contribution in [0.1, 0.15) is 16.4 Å². The van der Waals surface area contributed by atoms with Gasteiger partial charge in [0.15, 0.2) is 0 Å². The van der Waals surface area contributed by atoms with Crippen LogP contribution in [0, 0.1) is 11.7 Å². The summed E-state index contributed by atoms with van der Waals surface area (Å²) in [4.78, 5) is 54.8. The van der Waals surface area contributed by atoms with Gasteiger partial charge in [-0.15, -0.1) is 0 Å². The van der Waals surface area contributed by atoms with Gasteiger partial charge in [0.25, 0.3) is 0 Å². The van der Waals surface area contributed by atoms with Gasteiger partial charge >= 0.3 is 4.87 Å². The molecular formula is C28H20FN3O4S2. The number of thioether (sulfide) groups is 1. The first kappa shape index (κ1) is 24.3. The first-order valence-corrected chi connectivity index (χ1v) is 13.6. The fraction of sp³-hybridized carbons (Fsp3) is 0.143. The van der Waals surface area contributed by atoms with Crippen LogP contribution in [0.4, 0.5) is 15.8 Å². The molecule has 190 valence electrons. The van der Waals surface area contributed by atoms with Gasteiger partial charge in [-0.3, -0.25) is 23.7 Å². The van der Waals surface area contributed by atoms with E-state index in [2.05, 4.69) is 5.32 Å². The number of carbonyl (C=O) groups is 3. The highest BCUT2D eigenvalue weighted by Gasteiger charge is 2.56. The van der Waals surface area contributed by atoms with E-state index in [0.717, 1.165) is 23.1 Å². The molecule has 0 aliphatic carbocycles. The zero-order valence-electron chi connectivity index (χ0n) is 19.7. The third-order valence-electron chi connectivity index (χ3n) is 6.65. The normalized spacial score (nSPS) is 20.2. The minimum absolute atomic E-state index is 0.245. The highest BCUT2D eigenvalue weighted by atomic mass is 32.2. The number of carbonyl (C=O) groups excluding carboxylic acids is 3. The van der Waals surface area contributed by atoms with Gasteiger partial charge in [0, 0.05) is 16.5 Å². The Labute approximate surface area is 224 Å². The molecule has 6 rings (SSSR count). The molecule has 3 amide bonds. The molecule has 3 aromatic carbocycles. The molecule has 2 aliphatic heterocycles. The van der Waals surface area contributed by atoms with Gasteiger partial charge in [-0.2, -0.15) is 0 Å². The minimum Gasteiger partial charge on any atom is -0.325 e. The summed E-state index contributed by atoms with van der Waals surface area (Å²) in [5, 5.41) is 2.46. The van der Waals surface area contributed by atoms with E-state index < -0.39 is 22.9 Å². The zero-order valence-corrected chi connectivity index (χ0v) is 21.4. The Morgan fingerprint density at radius 2 is 1.53 bits per heavy atom. The number of amides is 3. The van der Waals surface area contributed by atoms with Gasteiger partial charge in [-0.05, 0) is 42.0 Å². The van der Waals surface area contributed by atoms with Crippen LogP contribution < -0.4 is 15.1 Å². The summed E-state index contributed by atoms with van der Waals surface area (Å²) in [6, 6.07) is 23.4. The van der Waals surface area contributed by atoms with Gasteiger partial charge < -0.3 is 5.32 Å². The predicted molar refractivity (Wildman–Crippen MR) is 144 cm³/mol. The molecule has 2 aliphatic rings. The summed E-state index contributed by atoms with van der Waals surface area (Å²) in [6.07, 6.45) is 0. The molecule has 0 saturated carbocycles. The number of hydrogen-bond donors (Lipinski definition) is 1. The van der Waals surface area contributed by atoms with Crippen LogP contribution in [0.3, 0.4) is 0 Å². The first-order valence-electron chi connectivity index (χ1n) is 11.9. The van der Waals surface area contributed by atoms with E-state index >= 15 is 0 Å². The molecule has 1 saturated heterocycles. The maximum absolute atomic E-state index is 13.8. The van der Waals surface area contributed by atoms with Crippen molar-refractivity contribution in [3.8, 4) is 0 Å². The Morgan fingerprint density at radius 1 is 0.868 bits per heavy atom. The van der Waals surface area contributed by atoms with E-state index in [1.54, 1.807) is 66.7 Å². The maximum Gasteiger partial charge on any atom is 0.308 e. The number of thiazole rings is 1. The van der Waals surface area contributed by atoms with Crippen LogP contribution in [0.2, 0.25) is 0 Å². The van der Waals surface area contributed by atoms with Gasteiger partial charge in [0.1, 0.15) is 17.6 Å². The Balaban J connectivity index is 1.42. The highest BCUT2D eigenvalue weighted by Crippen LogP contribution is 2.53. The van der Waals surface area contributed by atoms with Crippen LogP contribution in [-0.2, 0) is 20.9 Å². The number of para-hydroxylation sites is 2. The summed E-state index contributed by atoms with van der Waals surface area (Å²) >= 11 is 2.09. The second-order valence-electron chi connectivity index (χ2n) is 8.98. The lowest BCUT2D eigenvalue weighted by atomic mass is 9.83. The molecule has 7 nitrogen and oxygen atoms in total. The molecule has 3 atom stereocenters. The van der Waals surface area contributed by atoms with Crippen LogP contribution in [0.25, 0.3) is 0 Å². The Kier molecular flexibility index (Phi) is 6.21. The molecule has 4 aromatic rings. The number of hydrogen-bond acceptors (Lipinski definition) is 6. The van der Waals surface area contributed by atoms with Crippen molar-refractivity contribution in [2.75, 3.05) is 10.2 Å². The molecule has 1 aromatic heterocycles. The van der Waals surface area contributed by atoms with Crippen molar-refractivity contribution in [3.63, 3.8) is 0 Å². The van der Waals surface area contributed by atoms with Crippen molar-refractivity contribution in [3.05, 3.63) is 111 Å². The lowest BCUT2D eigenvalue weighted by molar-refractivity contribution is -0.122. The third-order valence-corrected chi connectivity index (χ3v) is 9.26. The highest BCUT2D eigenvalue weighted by molar-refractivity contribution is 8.00. The van der Waals surface area contributed by atoms with Crippen molar-refractivity contribution in [1.82, 2.24) is 4.57 Å². The van der Waals surface area contributed by atoms with Crippen LogP contribution in [-0.4, -0.2) is 27.5 Å². The molecule has 38 heavy (non-hydrogen) atoms. The molecule has 0 radical (unpaired) electrons. The maximum atomic E-state index is 13.8. The average molecular weight is 546 g/mol. The second kappa shape index (κ2) is 9.70. The number of benzene rings is 3. The van der Waals surface area contributed by atoms with Crippen LogP contribution in [0.15, 0.2) is 94.7 Å². The largest absolute Gasteiger partial charge is 0.325 e. The standard InChI is InChI=1S/C28H20FN3O4S2/c29-17-13-11-16(12-14-17)21-22-23(26(35)32(25(22)34)19-9-5-2-6-10-19)37-27-24(21)38-28(36)31(27)15-20(33)30-18-7-3-1-4-8-18/h1-14,21-23H,15H2,(H,30,33)/t21-,22-,23+/m0/s1. The van der Waals surface area contributed by atoms with Crippen LogP contribution >= 0.6 is 23.1 Å². The summed E-state index contributed by atoms with van der Waals surface area (Å²) in [5.74, 6) is -2.99. The van der Waals surface area contributed by atoms with E-state index in [9.17, 15) is 23.6 Å². The van der Waals surface area contributed by atoms with Gasteiger partial charge in [0.2, 0.25) is 17.7 Å². The second-order valence-corrected chi connectivity index (χ2v) is 11.1. The third kappa shape index (κ3) is 4.15. The summed E-state index contributed by atoms with van der Waals surface area (Å²) < 4.78 is 15.2. The monoisotopic (exact) mass is 545 g/mol. The van der Waals surface area contributed by atoms with Crippen LogP contribution in [0.5, 0.6) is 0 Å². The lowest BCUT2D eigenvalue weighted by Crippen LogP contribution is -2.33. The van der Waals surface area contributed by atoms with Gasteiger partial charge in [-0.1, -0.05) is 71.6 Å².